The van der Waals surface area contributed by atoms with Gasteiger partial charge in [-0.2, -0.15) is 0 Å². The molecule has 1 aromatic heterocycles. The smallest absolute Gasteiger partial charge is 0.351 e. The number of rotatable bonds is 3. The molecule has 21 heavy (non-hydrogen) atoms. The van der Waals surface area contributed by atoms with Crippen LogP contribution in [-0.4, -0.2) is 8.07 Å². The maximum absolute atomic E-state index is 11.4. The van der Waals surface area contributed by atoms with Crippen LogP contribution in [0.15, 0.2) is 21.5 Å². The van der Waals surface area contributed by atoms with Crippen LogP contribution in [-0.2, 0) is 0 Å². The third-order valence-electron chi connectivity index (χ3n) is 4.26. The van der Waals surface area contributed by atoms with Crippen LogP contribution in [0.2, 0.25) is 16.6 Å². The van der Waals surface area contributed by atoms with E-state index in [9.17, 15) is 4.79 Å². The third-order valence-corrected chi connectivity index (χ3v) is 10.5. The van der Waals surface area contributed by atoms with E-state index in [0.29, 0.717) is 22.2 Å². The van der Waals surface area contributed by atoms with Crippen molar-refractivity contribution in [2.45, 2.75) is 58.2 Å². The Kier molecular flexibility index (Phi) is 5.64. The van der Waals surface area contributed by atoms with Crippen LogP contribution < -0.4 is 5.63 Å². The van der Waals surface area contributed by atoms with Gasteiger partial charge in [-0.3, -0.25) is 0 Å². The molecule has 0 aromatic carbocycles. The van der Waals surface area contributed by atoms with Gasteiger partial charge < -0.3 is 4.42 Å². The molecule has 112 valence electrons. The molecule has 0 saturated heterocycles. The molecule has 2 nitrogen and oxygen atoms in total. The molecule has 0 saturated carbocycles. The average Bonchev–Trinajstić information content (AvgIpc) is 2.39. The van der Waals surface area contributed by atoms with Crippen LogP contribution in [0.3, 0.4) is 0 Å². The van der Waals surface area contributed by atoms with Gasteiger partial charge in [0, 0.05) is 0 Å². The largest absolute Gasteiger partial charge is 0.429 e. The third kappa shape index (κ3) is 3.49. The molecule has 0 unspecified atom stereocenters. The zero-order valence-corrected chi connectivity index (χ0v) is 14.8. The van der Waals surface area contributed by atoms with E-state index in [0.717, 1.165) is 0 Å². The molecule has 0 aliphatic rings. The van der Waals surface area contributed by atoms with Crippen molar-refractivity contribution in [3.05, 3.63) is 33.9 Å². The van der Waals surface area contributed by atoms with Gasteiger partial charge in [-0.25, -0.2) is 4.79 Å². The maximum atomic E-state index is 11.4. The second-order valence-corrected chi connectivity index (χ2v) is 11.9. The van der Waals surface area contributed by atoms with Crippen LogP contribution in [0.5, 0.6) is 0 Å². The summed E-state index contributed by atoms with van der Waals surface area (Å²) in [6.07, 6.45) is 6.70. The molecular weight excluding hydrogens is 276 g/mol. The quantitative estimate of drug-likeness (QED) is 0.619. The summed E-state index contributed by atoms with van der Waals surface area (Å²) in [4.78, 5) is 11.4. The first-order valence-electron chi connectivity index (χ1n) is 7.38. The predicted octanol–water partition coefficient (Wildman–Crippen LogP) is 4.19. The molecule has 0 bridgehead atoms. The van der Waals surface area contributed by atoms with Gasteiger partial charge in [-0.1, -0.05) is 53.4 Å². The predicted molar refractivity (Wildman–Crippen MR) is 90.8 cm³/mol. The lowest BCUT2D eigenvalue weighted by Crippen LogP contribution is -2.43. The van der Waals surface area contributed by atoms with E-state index in [1.807, 2.05) is 0 Å². The summed E-state index contributed by atoms with van der Waals surface area (Å²) in [5, 5.41) is 0. The Labute approximate surface area is 129 Å². The summed E-state index contributed by atoms with van der Waals surface area (Å²) < 4.78 is 4.94. The van der Waals surface area contributed by atoms with E-state index in [1.54, 1.807) is 6.07 Å². The Morgan fingerprint density at radius 3 is 2.05 bits per heavy atom. The van der Waals surface area contributed by atoms with Crippen molar-refractivity contribution in [1.82, 2.24) is 0 Å². The molecule has 3 heteroatoms. The van der Waals surface area contributed by atoms with Gasteiger partial charge in [0.1, 0.15) is 19.9 Å². The van der Waals surface area contributed by atoms with Gasteiger partial charge in [-0.15, -0.1) is 12.0 Å². The summed E-state index contributed by atoms with van der Waals surface area (Å²) in [6, 6.07) is 1.64. The van der Waals surface area contributed by atoms with Crippen LogP contribution >= 0.6 is 0 Å². The Bertz CT molecular complexity index is 626. The molecule has 1 aromatic rings. The van der Waals surface area contributed by atoms with Gasteiger partial charge in [-0.05, 0) is 22.7 Å². The van der Waals surface area contributed by atoms with Crippen LogP contribution in [0, 0.1) is 23.8 Å². The van der Waals surface area contributed by atoms with Crippen LogP contribution in [0.1, 0.15) is 52.7 Å². The fourth-order valence-electron chi connectivity index (χ4n) is 3.21. The molecule has 1 rings (SSSR count). The topological polar surface area (TPSA) is 30.2 Å². The molecule has 0 fully saturated rings. The van der Waals surface area contributed by atoms with E-state index in [4.69, 9.17) is 10.8 Å². The highest BCUT2D eigenvalue weighted by Crippen LogP contribution is 2.40. The van der Waals surface area contributed by atoms with Gasteiger partial charge in [0.25, 0.3) is 0 Å². The minimum atomic E-state index is -1.78. The highest BCUT2D eigenvalue weighted by atomic mass is 28.3. The SMILES string of the molecule is C#Cc1cc(C#C[Si](C(C)C)(C(C)C)C(C)C)coc1=O. The minimum Gasteiger partial charge on any atom is -0.429 e. The zero-order chi connectivity index (χ0) is 16.2. The minimum absolute atomic E-state index is 0.229. The van der Waals surface area contributed by atoms with Crippen molar-refractivity contribution in [3.63, 3.8) is 0 Å². The highest BCUT2D eigenvalue weighted by Gasteiger charge is 2.41. The lowest BCUT2D eigenvalue weighted by atomic mass is 10.2. The zero-order valence-electron chi connectivity index (χ0n) is 13.8. The van der Waals surface area contributed by atoms with Gasteiger partial charge in [0.15, 0.2) is 0 Å². The van der Waals surface area contributed by atoms with E-state index in [1.165, 1.54) is 6.26 Å². The Morgan fingerprint density at radius 1 is 1.10 bits per heavy atom. The molecular formula is C18H24O2Si. The molecule has 0 aliphatic carbocycles. The van der Waals surface area contributed by atoms with Crippen LogP contribution in [0.4, 0.5) is 0 Å². The van der Waals surface area contributed by atoms with Crippen molar-refractivity contribution < 1.29 is 4.42 Å². The molecule has 0 radical (unpaired) electrons. The van der Waals surface area contributed by atoms with Crippen molar-refractivity contribution >= 4 is 8.07 Å². The fourth-order valence-corrected chi connectivity index (χ4v) is 8.44. The fraction of sp³-hybridized carbons (Fsp3) is 0.500. The normalized spacial score (nSPS) is 11.4. The van der Waals surface area contributed by atoms with Gasteiger partial charge in [0.2, 0.25) is 0 Å². The standard InChI is InChI=1S/C18H24O2Si/c1-8-17-11-16(12-20-18(17)19)9-10-21(13(2)3,14(4)5)15(6)7/h1,11-15H,2-7H3. The maximum Gasteiger partial charge on any atom is 0.351 e. The Hall–Kier alpha value is -1.71. The number of hydrogen-bond acceptors (Lipinski definition) is 2. The summed E-state index contributed by atoms with van der Waals surface area (Å²) in [6.45, 7) is 13.6. The Balaban J connectivity index is 3.36. The molecule has 0 N–H and O–H groups in total. The van der Waals surface area contributed by atoms with Crippen molar-refractivity contribution in [1.29, 1.82) is 0 Å². The van der Waals surface area contributed by atoms with E-state index < -0.39 is 13.7 Å². The second-order valence-electron chi connectivity index (χ2n) is 6.33. The monoisotopic (exact) mass is 300 g/mol. The first kappa shape index (κ1) is 17.3. The van der Waals surface area contributed by atoms with Crippen molar-refractivity contribution in [2.75, 3.05) is 0 Å². The summed E-state index contributed by atoms with van der Waals surface area (Å²) in [5.74, 6) is 5.55. The van der Waals surface area contributed by atoms with E-state index in [2.05, 4.69) is 58.9 Å². The lowest BCUT2D eigenvalue weighted by molar-refractivity contribution is 0.507. The first-order chi connectivity index (χ1) is 9.75. The van der Waals surface area contributed by atoms with Crippen molar-refractivity contribution in [3.8, 4) is 23.8 Å². The number of terminal acetylenes is 1. The molecule has 0 spiro atoms. The molecule has 0 atom stereocenters. The summed E-state index contributed by atoms with van der Waals surface area (Å²) >= 11 is 0. The van der Waals surface area contributed by atoms with Crippen molar-refractivity contribution in [2.24, 2.45) is 0 Å². The molecule has 1 heterocycles. The van der Waals surface area contributed by atoms with Gasteiger partial charge >= 0.3 is 5.63 Å². The molecule has 0 aliphatic heterocycles. The number of hydrogen-bond donors (Lipinski definition) is 0. The Morgan fingerprint density at radius 2 is 1.62 bits per heavy atom. The summed E-state index contributed by atoms with van der Waals surface area (Å²) in [5.41, 5.74) is 5.69. The summed E-state index contributed by atoms with van der Waals surface area (Å²) in [7, 11) is -1.78. The first-order valence-corrected chi connectivity index (χ1v) is 9.61. The average molecular weight is 300 g/mol. The van der Waals surface area contributed by atoms with E-state index in [-0.39, 0.29) is 5.56 Å². The van der Waals surface area contributed by atoms with Gasteiger partial charge in [0.05, 0.1) is 5.56 Å². The highest BCUT2D eigenvalue weighted by molar-refractivity contribution is 6.90. The lowest BCUT2D eigenvalue weighted by Gasteiger charge is -2.38. The van der Waals surface area contributed by atoms with Crippen LogP contribution in [0.25, 0.3) is 0 Å². The second kappa shape index (κ2) is 6.83. The molecule has 0 amide bonds. The van der Waals surface area contributed by atoms with E-state index >= 15 is 0 Å².